The lowest BCUT2D eigenvalue weighted by molar-refractivity contribution is -0.139. The SMILES string of the molecule is CCOc1ccc(NC(=O)[C@H]2[C@H]3C(=O)N(CCCCO)C(C(=O)Nc4ccc(Cl)cc4)C34CC[C@]2(C)S4)cc1. The number of nitrogens with zero attached hydrogens (tertiary/aromatic N) is 1. The van der Waals surface area contributed by atoms with Crippen LogP contribution in [0.25, 0.3) is 0 Å². The molecular weight excluding hydrogens is 538 g/mol. The zero-order valence-electron chi connectivity index (χ0n) is 22.1. The largest absolute Gasteiger partial charge is 0.494 e. The van der Waals surface area contributed by atoms with Crippen molar-refractivity contribution >= 4 is 52.5 Å². The Kier molecular flexibility index (Phi) is 7.86. The number of nitrogens with one attached hydrogen (secondary N) is 2. The van der Waals surface area contributed by atoms with E-state index in [2.05, 4.69) is 10.6 Å². The molecule has 0 saturated carbocycles. The minimum Gasteiger partial charge on any atom is -0.494 e. The first-order chi connectivity index (χ1) is 18.7. The molecule has 3 aliphatic heterocycles. The number of aliphatic hydroxyl groups excluding tert-OH is 1. The summed E-state index contributed by atoms with van der Waals surface area (Å²) < 4.78 is 4.33. The number of hydrogen-bond acceptors (Lipinski definition) is 6. The molecular formula is C29H34ClN3O5S. The maximum absolute atomic E-state index is 14.1. The van der Waals surface area contributed by atoms with Crippen LogP contribution in [0.2, 0.25) is 5.02 Å². The van der Waals surface area contributed by atoms with Crippen molar-refractivity contribution in [2.45, 2.75) is 55.1 Å². The molecule has 2 unspecified atom stereocenters. The quantitative estimate of drug-likeness (QED) is 0.361. The van der Waals surface area contributed by atoms with Crippen LogP contribution in [0.4, 0.5) is 11.4 Å². The molecule has 2 bridgehead atoms. The van der Waals surface area contributed by atoms with Gasteiger partial charge in [0.05, 0.1) is 23.2 Å². The maximum Gasteiger partial charge on any atom is 0.248 e. The summed E-state index contributed by atoms with van der Waals surface area (Å²) in [7, 11) is 0. The highest BCUT2D eigenvalue weighted by molar-refractivity contribution is 8.02. The number of benzene rings is 2. The third-order valence-corrected chi connectivity index (χ3v) is 10.4. The van der Waals surface area contributed by atoms with Crippen molar-refractivity contribution in [1.82, 2.24) is 4.90 Å². The normalized spacial score (nSPS) is 28.9. The van der Waals surface area contributed by atoms with Gasteiger partial charge in [-0.2, -0.15) is 0 Å². The zero-order chi connectivity index (χ0) is 27.8. The molecule has 3 fully saturated rings. The first kappa shape index (κ1) is 27.8. The third-order valence-electron chi connectivity index (χ3n) is 8.16. The van der Waals surface area contributed by atoms with Crippen LogP contribution in [0.5, 0.6) is 5.75 Å². The third kappa shape index (κ3) is 5.00. The van der Waals surface area contributed by atoms with Gasteiger partial charge < -0.3 is 25.4 Å². The number of likely N-dealkylation sites (tertiary alicyclic amines) is 1. The second-order valence-corrected chi connectivity index (χ2v) is 13.0. The number of aliphatic hydroxyl groups is 1. The minimum absolute atomic E-state index is 0.0121. The maximum atomic E-state index is 14.1. The molecule has 10 heteroatoms. The minimum atomic E-state index is -0.723. The number of carbonyl (C=O) groups excluding carboxylic acids is 3. The van der Waals surface area contributed by atoms with Gasteiger partial charge in [-0.3, -0.25) is 14.4 Å². The molecule has 5 atom stereocenters. The van der Waals surface area contributed by atoms with Crippen LogP contribution in [0.1, 0.15) is 39.5 Å². The van der Waals surface area contributed by atoms with Gasteiger partial charge in [-0.1, -0.05) is 11.6 Å². The monoisotopic (exact) mass is 571 g/mol. The summed E-state index contributed by atoms with van der Waals surface area (Å²) in [6.07, 6.45) is 2.50. The highest BCUT2D eigenvalue weighted by Crippen LogP contribution is 2.71. The Balaban J connectivity index is 1.44. The second kappa shape index (κ2) is 11.0. The van der Waals surface area contributed by atoms with Gasteiger partial charge in [-0.15, -0.1) is 11.8 Å². The Morgan fingerprint density at radius 2 is 1.69 bits per heavy atom. The number of hydrogen-bond donors (Lipinski definition) is 3. The van der Waals surface area contributed by atoms with E-state index < -0.39 is 27.4 Å². The van der Waals surface area contributed by atoms with Crippen molar-refractivity contribution in [1.29, 1.82) is 0 Å². The fourth-order valence-corrected chi connectivity index (χ4v) is 9.01. The van der Waals surface area contributed by atoms with Crippen LogP contribution in [0, 0.1) is 11.8 Å². The van der Waals surface area contributed by atoms with Gasteiger partial charge >= 0.3 is 0 Å². The van der Waals surface area contributed by atoms with E-state index >= 15 is 0 Å². The van der Waals surface area contributed by atoms with Crippen molar-refractivity contribution in [2.75, 3.05) is 30.4 Å². The number of unbranched alkanes of at least 4 members (excludes halogenated alkanes) is 1. The lowest BCUT2D eigenvalue weighted by atomic mass is 9.66. The Labute approximate surface area is 237 Å². The number of rotatable bonds is 10. The topological polar surface area (TPSA) is 108 Å². The molecule has 0 radical (unpaired) electrons. The number of fused-ring (bicyclic) bond motifs is 1. The summed E-state index contributed by atoms with van der Waals surface area (Å²) in [5, 5.41) is 15.9. The Morgan fingerprint density at radius 3 is 2.33 bits per heavy atom. The van der Waals surface area contributed by atoms with Gasteiger partial charge in [0.2, 0.25) is 17.7 Å². The van der Waals surface area contributed by atoms with Crippen LogP contribution >= 0.6 is 23.4 Å². The van der Waals surface area contributed by atoms with Crippen molar-refractivity contribution in [3.05, 3.63) is 53.6 Å². The van der Waals surface area contributed by atoms with Crippen molar-refractivity contribution in [3.8, 4) is 5.75 Å². The van der Waals surface area contributed by atoms with E-state index in [4.69, 9.17) is 16.3 Å². The summed E-state index contributed by atoms with van der Waals surface area (Å²) >= 11 is 7.65. The van der Waals surface area contributed by atoms with E-state index in [1.165, 1.54) is 0 Å². The molecule has 208 valence electrons. The van der Waals surface area contributed by atoms with Crippen molar-refractivity contribution in [2.24, 2.45) is 11.8 Å². The number of halogens is 1. The number of carbonyl (C=O) groups is 3. The summed E-state index contributed by atoms with van der Waals surface area (Å²) in [6.45, 7) is 4.87. The fraction of sp³-hybridized carbons (Fsp3) is 0.483. The summed E-state index contributed by atoms with van der Waals surface area (Å²) in [5.74, 6) is -1.10. The van der Waals surface area contributed by atoms with Gasteiger partial charge in [-0.05, 0) is 88.1 Å². The van der Waals surface area contributed by atoms with E-state index in [0.29, 0.717) is 48.8 Å². The predicted octanol–water partition coefficient (Wildman–Crippen LogP) is 4.57. The van der Waals surface area contributed by atoms with Gasteiger partial charge in [0, 0.05) is 34.3 Å². The molecule has 1 spiro atoms. The average Bonchev–Trinajstić information content (AvgIpc) is 3.47. The standard InChI is InChI=1S/C29H34ClN3O5S/c1-3-38-21-12-10-20(11-13-21)31-25(35)22-23-27(37)33(16-4-5-17-34)24(29(23)15-14-28(22,2)39-29)26(36)32-19-8-6-18(30)7-9-19/h6-13,22-24,34H,3-5,14-17H2,1-2H3,(H,31,35)(H,32,36)/t22-,23+,24?,28+,29?/m1/s1. The fourth-order valence-electron chi connectivity index (χ4n) is 6.53. The first-order valence-electron chi connectivity index (χ1n) is 13.4. The lowest BCUT2D eigenvalue weighted by Crippen LogP contribution is -2.51. The van der Waals surface area contributed by atoms with Gasteiger partial charge in [-0.25, -0.2) is 0 Å². The van der Waals surface area contributed by atoms with Crippen LogP contribution in [0.3, 0.4) is 0 Å². The molecule has 2 aromatic rings. The Hall–Kier alpha value is -2.75. The molecule has 3 aliphatic rings. The molecule has 3 saturated heterocycles. The van der Waals surface area contributed by atoms with Crippen LogP contribution in [-0.2, 0) is 14.4 Å². The van der Waals surface area contributed by atoms with Gasteiger partial charge in [0.25, 0.3) is 0 Å². The van der Waals surface area contributed by atoms with Crippen molar-refractivity contribution in [3.63, 3.8) is 0 Å². The molecule has 5 rings (SSSR count). The van der Waals surface area contributed by atoms with Crippen LogP contribution in [0.15, 0.2) is 48.5 Å². The number of anilines is 2. The lowest BCUT2D eigenvalue weighted by Gasteiger charge is -2.34. The molecule has 8 nitrogen and oxygen atoms in total. The molecule has 3 N–H and O–H groups in total. The van der Waals surface area contributed by atoms with E-state index in [1.807, 2.05) is 13.8 Å². The van der Waals surface area contributed by atoms with Gasteiger partial charge in [0.1, 0.15) is 11.8 Å². The van der Waals surface area contributed by atoms with Gasteiger partial charge in [0.15, 0.2) is 0 Å². The molecule has 0 aliphatic carbocycles. The van der Waals surface area contributed by atoms with E-state index in [1.54, 1.807) is 65.2 Å². The summed E-state index contributed by atoms with van der Waals surface area (Å²) in [6, 6.07) is 13.3. The molecule has 39 heavy (non-hydrogen) atoms. The molecule has 3 heterocycles. The number of amides is 3. The predicted molar refractivity (Wildman–Crippen MR) is 153 cm³/mol. The van der Waals surface area contributed by atoms with E-state index in [0.717, 1.165) is 12.2 Å². The first-order valence-corrected chi connectivity index (χ1v) is 14.6. The molecule has 2 aromatic carbocycles. The van der Waals surface area contributed by atoms with Crippen LogP contribution < -0.4 is 15.4 Å². The molecule has 3 amide bonds. The van der Waals surface area contributed by atoms with Crippen molar-refractivity contribution < 1.29 is 24.2 Å². The van der Waals surface area contributed by atoms with Crippen LogP contribution in [-0.4, -0.2) is 63.0 Å². The number of thioether (sulfide) groups is 1. The zero-order valence-corrected chi connectivity index (χ0v) is 23.7. The summed E-state index contributed by atoms with van der Waals surface area (Å²) in [4.78, 5) is 43.4. The average molecular weight is 572 g/mol. The second-order valence-electron chi connectivity index (χ2n) is 10.6. The Bertz CT molecular complexity index is 1240. The smallest absolute Gasteiger partial charge is 0.248 e. The highest BCUT2D eigenvalue weighted by atomic mass is 35.5. The molecule has 0 aromatic heterocycles. The number of ether oxygens (including phenoxy) is 1. The van der Waals surface area contributed by atoms with E-state index in [9.17, 15) is 19.5 Å². The Morgan fingerprint density at radius 1 is 1.05 bits per heavy atom. The summed E-state index contributed by atoms with van der Waals surface area (Å²) in [5.41, 5.74) is 1.23. The van der Waals surface area contributed by atoms with E-state index in [-0.39, 0.29) is 24.3 Å². The highest BCUT2D eigenvalue weighted by Gasteiger charge is 2.77.